The average molecular weight is 361 g/mol. The number of aliphatic hydroxyl groups excluding tert-OH is 1. The minimum Gasteiger partial charge on any atom is -0.504 e. The van der Waals surface area contributed by atoms with E-state index in [2.05, 4.69) is 5.32 Å². The summed E-state index contributed by atoms with van der Waals surface area (Å²) in [4.78, 5) is 12.7. The van der Waals surface area contributed by atoms with Gasteiger partial charge in [-0.25, -0.2) is 0 Å². The highest BCUT2D eigenvalue weighted by atomic mass is 16.5. The summed E-state index contributed by atoms with van der Waals surface area (Å²) in [7, 11) is 3.02. The van der Waals surface area contributed by atoms with Gasteiger partial charge in [0.15, 0.2) is 11.5 Å². The summed E-state index contributed by atoms with van der Waals surface area (Å²) in [6.07, 6.45) is -0.965. The normalized spacial score (nSPS) is 11.6. The number of phenolic OH excluding ortho intramolecular Hbond substituents is 1. The molecule has 140 valence electrons. The molecule has 2 rings (SSSR count). The van der Waals surface area contributed by atoms with Crippen molar-refractivity contribution in [2.24, 2.45) is 0 Å². The van der Waals surface area contributed by atoms with E-state index in [1.54, 1.807) is 25.1 Å². The lowest BCUT2D eigenvalue weighted by atomic mass is 10.0. The molecular weight excluding hydrogens is 338 g/mol. The molecule has 3 N–H and O–H groups in total. The van der Waals surface area contributed by atoms with E-state index < -0.39 is 12.0 Å². The summed E-state index contributed by atoms with van der Waals surface area (Å²) in [5.41, 5.74) is 0.868. The van der Waals surface area contributed by atoms with Crippen LogP contribution in [0.1, 0.15) is 35.9 Å². The van der Waals surface area contributed by atoms with E-state index in [-0.39, 0.29) is 22.6 Å². The van der Waals surface area contributed by atoms with E-state index in [1.807, 2.05) is 0 Å². The number of carbonyl (C=O) groups excluding carboxylic acids is 1. The quantitative estimate of drug-likeness (QED) is 0.701. The van der Waals surface area contributed by atoms with Crippen LogP contribution in [0.5, 0.6) is 23.0 Å². The van der Waals surface area contributed by atoms with Crippen molar-refractivity contribution in [3.63, 3.8) is 0 Å². The molecule has 0 spiro atoms. The lowest BCUT2D eigenvalue weighted by molar-refractivity contribution is 0.102. The van der Waals surface area contributed by atoms with Crippen LogP contribution in [-0.4, -0.2) is 36.9 Å². The zero-order valence-corrected chi connectivity index (χ0v) is 15.2. The fraction of sp³-hybridized carbons (Fsp3) is 0.316. The van der Waals surface area contributed by atoms with E-state index in [0.717, 1.165) is 0 Å². The van der Waals surface area contributed by atoms with Crippen molar-refractivity contribution in [1.82, 2.24) is 0 Å². The zero-order valence-electron chi connectivity index (χ0n) is 15.2. The van der Waals surface area contributed by atoms with Crippen LogP contribution in [-0.2, 0) is 0 Å². The van der Waals surface area contributed by atoms with Crippen LogP contribution in [0.4, 0.5) is 5.69 Å². The Morgan fingerprint density at radius 3 is 2.46 bits per heavy atom. The number of carbonyl (C=O) groups is 1. The highest BCUT2D eigenvalue weighted by molar-refractivity contribution is 6.05. The fourth-order valence-corrected chi connectivity index (χ4v) is 2.45. The predicted molar refractivity (Wildman–Crippen MR) is 97.4 cm³/mol. The number of benzene rings is 2. The van der Waals surface area contributed by atoms with Gasteiger partial charge in [-0.1, -0.05) is 0 Å². The fourth-order valence-electron chi connectivity index (χ4n) is 2.45. The monoisotopic (exact) mass is 361 g/mol. The first-order valence-electron chi connectivity index (χ1n) is 8.12. The summed E-state index contributed by atoms with van der Waals surface area (Å²) in [5.74, 6) is 0.538. The lowest BCUT2D eigenvalue weighted by Gasteiger charge is -2.16. The van der Waals surface area contributed by atoms with Crippen molar-refractivity contribution < 1.29 is 29.2 Å². The first kappa shape index (κ1) is 19.4. The van der Waals surface area contributed by atoms with Crippen LogP contribution >= 0.6 is 0 Å². The van der Waals surface area contributed by atoms with Gasteiger partial charge in [-0.2, -0.15) is 0 Å². The molecule has 2 aromatic carbocycles. The second-order valence-corrected chi connectivity index (χ2v) is 5.54. The molecule has 0 fully saturated rings. The van der Waals surface area contributed by atoms with Crippen molar-refractivity contribution in [1.29, 1.82) is 0 Å². The predicted octanol–water partition coefficient (Wildman–Crippen LogP) is 3.11. The molecule has 0 saturated carbocycles. The van der Waals surface area contributed by atoms with Gasteiger partial charge in [0, 0.05) is 17.2 Å². The highest BCUT2D eigenvalue weighted by Crippen LogP contribution is 2.36. The van der Waals surface area contributed by atoms with Gasteiger partial charge in [0.25, 0.3) is 5.91 Å². The van der Waals surface area contributed by atoms with Gasteiger partial charge in [0.05, 0.1) is 32.6 Å². The maximum Gasteiger partial charge on any atom is 0.255 e. The first-order valence-corrected chi connectivity index (χ1v) is 8.12. The van der Waals surface area contributed by atoms with Crippen LogP contribution in [0, 0.1) is 0 Å². The smallest absolute Gasteiger partial charge is 0.255 e. The standard InChI is InChI=1S/C19H23NO6/c1-5-26-17-9-12(8-14(11(2)21)18(17)22)19(23)20-15-10-13(24-3)6-7-16(15)25-4/h6-11,21-22H,5H2,1-4H3,(H,20,23). The van der Waals surface area contributed by atoms with E-state index in [0.29, 0.717) is 23.8 Å². The third-order valence-electron chi connectivity index (χ3n) is 3.77. The molecule has 0 saturated heterocycles. The van der Waals surface area contributed by atoms with Crippen molar-refractivity contribution >= 4 is 11.6 Å². The summed E-state index contributed by atoms with van der Waals surface area (Å²) in [6, 6.07) is 7.87. The molecule has 7 nitrogen and oxygen atoms in total. The van der Waals surface area contributed by atoms with E-state index >= 15 is 0 Å². The molecule has 0 aliphatic heterocycles. The topological polar surface area (TPSA) is 97.3 Å². The Hall–Kier alpha value is -2.93. The number of hydrogen-bond acceptors (Lipinski definition) is 6. The van der Waals surface area contributed by atoms with Crippen molar-refractivity contribution in [3.8, 4) is 23.0 Å². The van der Waals surface area contributed by atoms with Crippen molar-refractivity contribution in [3.05, 3.63) is 41.5 Å². The van der Waals surface area contributed by atoms with Crippen LogP contribution in [0.3, 0.4) is 0 Å². The second-order valence-electron chi connectivity index (χ2n) is 5.54. The summed E-state index contributed by atoms with van der Waals surface area (Å²) in [5, 5.41) is 22.8. The molecule has 0 aliphatic rings. The van der Waals surface area contributed by atoms with Gasteiger partial charge in [-0.15, -0.1) is 0 Å². The Balaban J connectivity index is 2.41. The van der Waals surface area contributed by atoms with Gasteiger partial charge in [-0.3, -0.25) is 4.79 Å². The molecule has 0 bridgehead atoms. The Morgan fingerprint density at radius 2 is 1.88 bits per heavy atom. The van der Waals surface area contributed by atoms with Crippen LogP contribution in [0.15, 0.2) is 30.3 Å². The van der Waals surface area contributed by atoms with Gasteiger partial charge >= 0.3 is 0 Å². The summed E-state index contributed by atoms with van der Waals surface area (Å²) >= 11 is 0. The highest BCUT2D eigenvalue weighted by Gasteiger charge is 2.19. The lowest BCUT2D eigenvalue weighted by Crippen LogP contribution is -2.14. The molecule has 26 heavy (non-hydrogen) atoms. The number of rotatable bonds is 7. The van der Waals surface area contributed by atoms with Crippen molar-refractivity contribution in [2.45, 2.75) is 20.0 Å². The van der Waals surface area contributed by atoms with E-state index in [4.69, 9.17) is 14.2 Å². The number of methoxy groups -OCH3 is 2. The number of phenols is 1. The second kappa shape index (κ2) is 8.44. The third-order valence-corrected chi connectivity index (χ3v) is 3.77. The summed E-state index contributed by atoms with van der Waals surface area (Å²) < 4.78 is 15.8. The Bertz CT molecular complexity index is 788. The largest absolute Gasteiger partial charge is 0.504 e. The number of aliphatic hydroxyl groups is 1. The van der Waals surface area contributed by atoms with Crippen LogP contribution in [0.2, 0.25) is 0 Å². The van der Waals surface area contributed by atoms with E-state index in [1.165, 1.54) is 33.3 Å². The molecule has 7 heteroatoms. The number of nitrogens with one attached hydrogen (secondary N) is 1. The molecule has 0 aliphatic carbocycles. The molecule has 1 atom stereocenters. The number of aromatic hydroxyl groups is 1. The molecule has 1 unspecified atom stereocenters. The SMILES string of the molecule is CCOc1cc(C(=O)Nc2cc(OC)ccc2OC)cc(C(C)O)c1O. The van der Waals surface area contributed by atoms with Gasteiger partial charge in [0.2, 0.25) is 0 Å². The van der Waals surface area contributed by atoms with Gasteiger partial charge in [0.1, 0.15) is 11.5 Å². The maximum absolute atomic E-state index is 12.7. The number of ether oxygens (including phenoxy) is 3. The molecule has 0 aromatic heterocycles. The molecule has 2 aromatic rings. The molecular formula is C19H23NO6. The van der Waals surface area contributed by atoms with Gasteiger partial charge < -0.3 is 29.7 Å². The van der Waals surface area contributed by atoms with Crippen molar-refractivity contribution in [2.75, 3.05) is 26.1 Å². The minimum absolute atomic E-state index is 0.133. The minimum atomic E-state index is -0.965. The van der Waals surface area contributed by atoms with Crippen LogP contribution < -0.4 is 19.5 Å². The maximum atomic E-state index is 12.7. The Morgan fingerprint density at radius 1 is 1.15 bits per heavy atom. The van der Waals surface area contributed by atoms with Gasteiger partial charge in [-0.05, 0) is 38.1 Å². The number of hydrogen-bond donors (Lipinski definition) is 3. The van der Waals surface area contributed by atoms with Crippen LogP contribution in [0.25, 0.3) is 0 Å². The molecule has 0 radical (unpaired) electrons. The number of anilines is 1. The molecule has 0 heterocycles. The summed E-state index contributed by atoms with van der Waals surface area (Å²) in [6.45, 7) is 3.56. The molecule has 1 amide bonds. The first-order chi connectivity index (χ1) is 12.4. The number of amides is 1. The average Bonchev–Trinajstić information content (AvgIpc) is 2.63. The zero-order chi connectivity index (χ0) is 19.3. The Labute approximate surface area is 152 Å². The third kappa shape index (κ3) is 4.18. The van der Waals surface area contributed by atoms with E-state index in [9.17, 15) is 15.0 Å². The Kier molecular flexibility index (Phi) is 6.30.